The van der Waals surface area contributed by atoms with E-state index >= 15 is 0 Å². The van der Waals surface area contributed by atoms with Crippen LogP contribution in [0.2, 0.25) is 0 Å². The lowest BCUT2D eigenvalue weighted by Crippen LogP contribution is -2.51. The van der Waals surface area contributed by atoms with Crippen LogP contribution < -0.4 is 9.64 Å². The van der Waals surface area contributed by atoms with Crippen molar-refractivity contribution in [2.24, 2.45) is 0 Å². The number of hydrogen-bond donors (Lipinski definition) is 0. The number of piperidine rings is 1. The highest BCUT2D eigenvalue weighted by Gasteiger charge is 2.43. The third-order valence-electron chi connectivity index (χ3n) is 8.80. The molecule has 0 atom stereocenters. The lowest BCUT2D eigenvalue weighted by atomic mass is 9.74. The Morgan fingerprint density at radius 2 is 1.74 bits per heavy atom. The van der Waals surface area contributed by atoms with Crippen LogP contribution in [0.4, 0.5) is 5.69 Å². The average Bonchev–Trinajstić information content (AvgIpc) is 3.45. The van der Waals surface area contributed by atoms with Gasteiger partial charge in [-0.1, -0.05) is 30.3 Å². The standard InChI is InChI=1S/C29H38N4O2/c1-30-13-9-29(10-14-30)22-35-27-19-24-8-12-33(26(24)20-25(27)29)21-28(34)32-17-15-31(16-18-32)11-7-23-5-3-2-4-6-23/h2-6,19-20H,7-18,21-22H2,1H3. The third-order valence-corrected chi connectivity index (χ3v) is 8.80. The van der Waals surface area contributed by atoms with Crippen LogP contribution in [0.5, 0.6) is 5.75 Å². The summed E-state index contributed by atoms with van der Waals surface area (Å²) in [7, 11) is 2.21. The van der Waals surface area contributed by atoms with Crippen molar-refractivity contribution in [2.75, 3.05) is 77.5 Å². The van der Waals surface area contributed by atoms with Crippen molar-refractivity contribution in [1.82, 2.24) is 14.7 Å². The van der Waals surface area contributed by atoms with Gasteiger partial charge >= 0.3 is 0 Å². The van der Waals surface area contributed by atoms with Gasteiger partial charge in [-0.25, -0.2) is 0 Å². The number of hydrogen-bond acceptors (Lipinski definition) is 5. The Bertz CT molecular complexity index is 1060. The summed E-state index contributed by atoms with van der Waals surface area (Å²) in [6.07, 6.45) is 4.39. The van der Waals surface area contributed by atoms with Gasteiger partial charge in [-0.3, -0.25) is 9.69 Å². The largest absolute Gasteiger partial charge is 0.492 e. The van der Waals surface area contributed by atoms with E-state index in [0.717, 1.165) is 90.4 Å². The molecule has 35 heavy (non-hydrogen) atoms. The molecule has 0 bridgehead atoms. The summed E-state index contributed by atoms with van der Waals surface area (Å²) in [6.45, 7) is 9.16. The summed E-state index contributed by atoms with van der Waals surface area (Å²) in [5.74, 6) is 1.36. The summed E-state index contributed by atoms with van der Waals surface area (Å²) in [5, 5.41) is 0. The van der Waals surface area contributed by atoms with Crippen LogP contribution in [0.25, 0.3) is 0 Å². The van der Waals surface area contributed by atoms with Crippen molar-refractivity contribution in [2.45, 2.75) is 31.1 Å². The molecule has 0 saturated carbocycles. The van der Waals surface area contributed by atoms with E-state index < -0.39 is 0 Å². The average molecular weight is 475 g/mol. The number of piperazine rings is 1. The summed E-state index contributed by atoms with van der Waals surface area (Å²) in [4.78, 5) is 22.6. The van der Waals surface area contributed by atoms with Crippen LogP contribution in [0.3, 0.4) is 0 Å². The summed E-state index contributed by atoms with van der Waals surface area (Å²) in [5.41, 5.74) is 5.54. The number of rotatable bonds is 5. The highest BCUT2D eigenvalue weighted by Crippen LogP contribution is 2.48. The molecule has 0 N–H and O–H groups in total. The minimum atomic E-state index is 0.158. The van der Waals surface area contributed by atoms with Crippen molar-refractivity contribution < 1.29 is 9.53 Å². The first kappa shape index (κ1) is 22.9. The number of nitrogens with zero attached hydrogens (tertiary/aromatic N) is 4. The lowest BCUT2D eigenvalue weighted by molar-refractivity contribution is -0.131. The Hall–Kier alpha value is -2.57. The molecule has 4 aliphatic rings. The van der Waals surface area contributed by atoms with E-state index in [9.17, 15) is 4.79 Å². The highest BCUT2D eigenvalue weighted by atomic mass is 16.5. The third kappa shape index (κ3) is 4.54. The molecule has 186 valence electrons. The molecule has 0 radical (unpaired) electrons. The Balaban J connectivity index is 1.06. The molecular weight excluding hydrogens is 436 g/mol. The van der Waals surface area contributed by atoms with Crippen LogP contribution >= 0.6 is 0 Å². The topological polar surface area (TPSA) is 39.3 Å². The minimum Gasteiger partial charge on any atom is -0.492 e. The molecule has 0 aliphatic carbocycles. The second kappa shape index (κ2) is 9.47. The molecule has 2 saturated heterocycles. The Kier molecular flexibility index (Phi) is 6.19. The van der Waals surface area contributed by atoms with Gasteiger partial charge in [0.2, 0.25) is 5.91 Å². The number of carbonyl (C=O) groups excluding carboxylic acids is 1. The molecule has 2 fully saturated rings. The lowest BCUT2D eigenvalue weighted by Gasteiger charge is -2.37. The summed E-state index contributed by atoms with van der Waals surface area (Å²) in [6, 6.07) is 15.3. The quantitative estimate of drug-likeness (QED) is 0.667. The molecule has 4 aliphatic heterocycles. The summed E-state index contributed by atoms with van der Waals surface area (Å²) >= 11 is 0. The molecule has 2 aromatic carbocycles. The van der Waals surface area contributed by atoms with Crippen LogP contribution in [-0.4, -0.2) is 93.2 Å². The van der Waals surface area contributed by atoms with E-state index in [4.69, 9.17) is 4.74 Å². The van der Waals surface area contributed by atoms with Crippen LogP contribution in [0.15, 0.2) is 42.5 Å². The Morgan fingerprint density at radius 3 is 2.51 bits per heavy atom. The number of benzene rings is 2. The predicted molar refractivity (Wildman–Crippen MR) is 139 cm³/mol. The van der Waals surface area contributed by atoms with Gasteiger partial charge in [0.15, 0.2) is 0 Å². The van der Waals surface area contributed by atoms with Gasteiger partial charge < -0.3 is 19.4 Å². The maximum Gasteiger partial charge on any atom is 0.242 e. The van der Waals surface area contributed by atoms with Gasteiger partial charge in [-0.05, 0) is 69.1 Å². The first-order valence-electron chi connectivity index (χ1n) is 13.4. The number of fused-ring (bicyclic) bond motifs is 3. The first-order chi connectivity index (χ1) is 17.1. The smallest absolute Gasteiger partial charge is 0.242 e. The van der Waals surface area contributed by atoms with E-state index in [2.05, 4.69) is 69.1 Å². The Morgan fingerprint density at radius 1 is 0.971 bits per heavy atom. The number of ether oxygens (including phenoxy) is 1. The molecule has 6 nitrogen and oxygen atoms in total. The minimum absolute atomic E-state index is 0.158. The highest BCUT2D eigenvalue weighted by molar-refractivity contribution is 5.83. The fraction of sp³-hybridized carbons (Fsp3) is 0.552. The van der Waals surface area contributed by atoms with Crippen molar-refractivity contribution in [3.63, 3.8) is 0 Å². The second-order valence-corrected chi connectivity index (χ2v) is 11.0. The molecule has 2 aromatic rings. The molecule has 0 aromatic heterocycles. The second-order valence-electron chi connectivity index (χ2n) is 11.0. The molecule has 1 spiro atoms. The molecule has 6 heteroatoms. The maximum absolute atomic E-state index is 13.3. The van der Waals surface area contributed by atoms with Gasteiger partial charge in [0.1, 0.15) is 5.75 Å². The maximum atomic E-state index is 13.3. The normalized spacial score (nSPS) is 21.7. The SMILES string of the molecule is CN1CCC2(CC1)COc1cc3c(cc12)N(CC(=O)N1CCN(CCc2ccccc2)CC1)CC3. The zero-order valence-electron chi connectivity index (χ0n) is 21.0. The monoisotopic (exact) mass is 474 g/mol. The van der Waals surface area contributed by atoms with Gasteiger partial charge in [-0.15, -0.1) is 0 Å². The number of carbonyl (C=O) groups is 1. The predicted octanol–water partition coefficient (Wildman–Crippen LogP) is 2.79. The van der Waals surface area contributed by atoms with E-state index in [-0.39, 0.29) is 11.3 Å². The first-order valence-corrected chi connectivity index (χ1v) is 13.4. The summed E-state index contributed by atoms with van der Waals surface area (Å²) < 4.78 is 6.21. The molecule has 4 heterocycles. The van der Waals surface area contributed by atoms with Gasteiger partial charge in [0.25, 0.3) is 0 Å². The fourth-order valence-corrected chi connectivity index (χ4v) is 6.35. The molecular formula is C29H38N4O2. The van der Waals surface area contributed by atoms with Gasteiger partial charge in [-0.2, -0.15) is 0 Å². The molecule has 6 rings (SSSR count). The molecule has 1 amide bonds. The zero-order chi connectivity index (χ0) is 23.8. The van der Waals surface area contributed by atoms with E-state index in [1.165, 1.54) is 22.4 Å². The number of likely N-dealkylation sites (tertiary alicyclic amines) is 1. The zero-order valence-corrected chi connectivity index (χ0v) is 21.0. The van der Waals surface area contributed by atoms with E-state index in [0.29, 0.717) is 6.54 Å². The van der Waals surface area contributed by atoms with Crippen molar-refractivity contribution in [1.29, 1.82) is 0 Å². The van der Waals surface area contributed by atoms with Crippen LogP contribution in [0.1, 0.15) is 29.5 Å². The van der Waals surface area contributed by atoms with Crippen LogP contribution in [0, 0.1) is 0 Å². The van der Waals surface area contributed by atoms with Gasteiger partial charge in [0.05, 0.1) is 13.2 Å². The van der Waals surface area contributed by atoms with Crippen molar-refractivity contribution in [3.05, 3.63) is 59.2 Å². The van der Waals surface area contributed by atoms with Crippen LogP contribution in [-0.2, 0) is 23.1 Å². The Labute approximate surface area is 209 Å². The molecule has 0 unspecified atom stereocenters. The number of amides is 1. The van der Waals surface area contributed by atoms with Crippen molar-refractivity contribution in [3.8, 4) is 5.75 Å². The fourth-order valence-electron chi connectivity index (χ4n) is 6.35. The van der Waals surface area contributed by atoms with Gasteiger partial charge in [0, 0.05) is 55.9 Å². The van der Waals surface area contributed by atoms with E-state index in [1.807, 2.05) is 0 Å². The van der Waals surface area contributed by atoms with Crippen molar-refractivity contribution >= 4 is 11.6 Å². The van der Waals surface area contributed by atoms with E-state index in [1.54, 1.807) is 0 Å². The number of anilines is 1.